The summed E-state index contributed by atoms with van der Waals surface area (Å²) in [5.74, 6) is 1.06. The van der Waals surface area contributed by atoms with Gasteiger partial charge in [-0.1, -0.05) is 12.1 Å². The Labute approximate surface area is 171 Å². The van der Waals surface area contributed by atoms with E-state index in [1.165, 1.54) is 18.7 Å². The maximum atomic E-state index is 13.6. The van der Waals surface area contributed by atoms with Gasteiger partial charge in [0.05, 0.1) is 19.8 Å². The van der Waals surface area contributed by atoms with Crippen LogP contribution in [-0.2, 0) is 0 Å². The van der Waals surface area contributed by atoms with E-state index in [1.54, 1.807) is 12.1 Å². The average Bonchev–Trinajstić information content (AvgIpc) is 3.21. The number of anilines is 1. The van der Waals surface area contributed by atoms with Crippen LogP contribution in [0.3, 0.4) is 0 Å². The zero-order valence-corrected chi connectivity index (χ0v) is 16.9. The molecule has 0 saturated heterocycles. The number of aliphatic hydroxyl groups excluding tert-OH is 2. The second-order valence-electron chi connectivity index (χ2n) is 7.68. The van der Waals surface area contributed by atoms with Gasteiger partial charge in [0, 0.05) is 24.8 Å². The first-order valence-corrected chi connectivity index (χ1v) is 10.1. The third kappa shape index (κ3) is 5.65. The van der Waals surface area contributed by atoms with Crippen LogP contribution in [0.25, 0.3) is 0 Å². The monoisotopic (exact) mass is 403 g/mol. The molecule has 2 aromatic rings. The Bertz CT molecular complexity index is 787. The van der Waals surface area contributed by atoms with Crippen molar-refractivity contribution in [2.24, 2.45) is 0 Å². The number of pyridine rings is 1. The quantitative estimate of drug-likeness (QED) is 0.515. The van der Waals surface area contributed by atoms with Crippen LogP contribution in [0.1, 0.15) is 49.3 Å². The van der Waals surface area contributed by atoms with Gasteiger partial charge < -0.3 is 25.6 Å². The summed E-state index contributed by atoms with van der Waals surface area (Å²) in [6, 6.07) is 9.48. The van der Waals surface area contributed by atoms with Crippen molar-refractivity contribution in [1.82, 2.24) is 10.3 Å². The second-order valence-corrected chi connectivity index (χ2v) is 7.68. The maximum Gasteiger partial charge on any atom is 0.165 e. The van der Waals surface area contributed by atoms with E-state index in [1.807, 2.05) is 12.3 Å². The Morgan fingerprint density at radius 3 is 2.79 bits per heavy atom. The van der Waals surface area contributed by atoms with Crippen LogP contribution >= 0.6 is 0 Å². The van der Waals surface area contributed by atoms with Crippen LogP contribution in [0, 0.1) is 5.82 Å². The summed E-state index contributed by atoms with van der Waals surface area (Å²) in [6.45, 7) is 2.08. The summed E-state index contributed by atoms with van der Waals surface area (Å²) in [5.41, 5.74) is 2.22. The van der Waals surface area contributed by atoms with Gasteiger partial charge in [0.15, 0.2) is 11.6 Å². The van der Waals surface area contributed by atoms with Gasteiger partial charge in [0.1, 0.15) is 5.82 Å². The van der Waals surface area contributed by atoms with Crippen molar-refractivity contribution < 1.29 is 19.3 Å². The number of hydrogen-bond donors (Lipinski definition) is 4. The van der Waals surface area contributed by atoms with Gasteiger partial charge in [0.2, 0.25) is 0 Å². The van der Waals surface area contributed by atoms with E-state index in [4.69, 9.17) is 9.84 Å². The highest BCUT2D eigenvalue weighted by atomic mass is 19.1. The first-order valence-electron chi connectivity index (χ1n) is 10.1. The second kappa shape index (κ2) is 10.0. The SMILES string of the molecule is COc1cc([C@@H](C)N[C@H]2CC[C@@H](c3ccc(NCC(O)CO)nc3)C2)ccc1F. The molecule has 4 N–H and O–H groups in total. The summed E-state index contributed by atoms with van der Waals surface area (Å²) < 4.78 is 18.7. The molecule has 1 aliphatic rings. The fourth-order valence-electron chi connectivity index (χ4n) is 3.87. The molecule has 1 aromatic carbocycles. The van der Waals surface area contributed by atoms with Gasteiger partial charge in [-0.15, -0.1) is 0 Å². The van der Waals surface area contributed by atoms with Gasteiger partial charge in [-0.3, -0.25) is 0 Å². The van der Waals surface area contributed by atoms with Crippen LogP contribution in [0.4, 0.5) is 10.2 Å². The Morgan fingerprint density at radius 2 is 2.10 bits per heavy atom. The normalized spacial score (nSPS) is 21.0. The molecule has 4 atom stereocenters. The Morgan fingerprint density at radius 1 is 1.28 bits per heavy atom. The highest BCUT2D eigenvalue weighted by Crippen LogP contribution is 2.35. The molecule has 1 fully saturated rings. The molecule has 29 heavy (non-hydrogen) atoms. The largest absolute Gasteiger partial charge is 0.494 e. The molecule has 0 spiro atoms. The van der Waals surface area contributed by atoms with E-state index in [2.05, 4.69) is 28.6 Å². The molecule has 1 heterocycles. The molecule has 7 heteroatoms. The Kier molecular flexibility index (Phi) is 7.41. The fourth-order valence-corrected chi connectivity index (χ4v) is 3.87. The first kappa shape index (κ1) is 21.5. The minimum Gasteiger partial charge on any atom is -0.494 e. The number of nitrogens with zero attached hydrogens (tertiary/aromatic N) is 1. The molecule has 158 valence electrons. The summed E-state index contributed by atoms with van der Waals surface area (Å²) in [4.78, 5) is 4.42. The summed E-state index contributed by atoms with van der Waals surface area (Å²) in [6.07, 6.45) is 4.29. The molecular weight excluding hydrogens is 373 g/mol. The van der Waals surface area contributed by atoms with Crippen molar-refractivity contribution in [3.8, 4) is 5.75 Å². The van der Waals surface area contributed by atoms with Gasteiger partial charge in [-0.2, -0.15) is 0 Å². The number of hydrogen-bond acceptors (Lipinski definition) is 6. The maximum absolute atomic E-state index is 13.6. The molecule has 1 aromatic heterocycles. The molecule has 1 unspecified atom stereocenters. The fraction of sp³-hybridized carbons (Fsp3) is 0.500. The number of halogens is 1. The van der Waals surface area contributed by atoms with Crippen molar-refractivity contribution >= 4 is 5.82 Å². The van der Waals surface area contributed by atoms with E-state index in [0.717, 1.165) is 24.8 Å². The number of aromatic nitrogens is 1. The zero-order chi connectivity index (χ0) is 20.8. The minimum absolute atomic E-state index is 0.107. The van der Waals surface area contributed by atoms with E-state index in [-0.39, 0.29) is 30.8 Å². The molecule has 1 aliphatic carbocycles. The molecule has 0 aliphatic heterocycles. The molecule has 1 saturated carbocycles. The van der Waals surface area contributed by atoms with Crippen LogP contribution in [0.5, 0.6) is 5.75 Å². The minimum atomic E-state index is -0.791. The molecule has 3 rings (SSSR count). The molecule has 0 bridgehead atoms. The number of rotatable bonds is 9. The predicted octanol–water partition coefficient (Wildman–Crippen LogP) is 2.98. The van der Waals surface area contributed by atoms with Crippen LogP contribution < -0.4 is 15.4 Å². The standard InChI is InChI=1S/C22H30FN3O3/c1-14(15-4-7-20(23)21(10-15)29-2)26-18-6-3-16(9-18)17-5-8-22(24-11-17)25-12-19(28)13-27/h4-5,7-8,10-11,14,16,18-19,26-28H,3,6,9,12-13H2,1-2H3,(H,24,25)/t14-,16-,18+,19?/m1/s1. The lowest BCUT2D eigenvalue weighted by atomic mass is 9.99. The lowest BCUT2D eigenvalue weighted by molar-refractivity contribution is 0.105. The Balaban J connectivity index is 1.53. The van der Waals surface area contributed by atoms with Gasteiger partial charge >= 0.3 is 0 Å². The van der Waals surface area contributed by atoms with Crippen LogP contribution in [0.2, 0.25) is 0 Å². The summed E-state index contributed by atoms with van der Waals surface area (Å²) >= 11 is 0. The molecular formula is C22H30FN3O3. The molecule has 0 amide bonds. The number of nitrogens with one attached hydrogen (secondary N) is 2. The number of ether oxygens (including phenoxy) is 1. The summed E-state index contributed by atoms with van der Waals surface area (Å²) in [7, 11) is 1.48. The number of benzene rings is 1. The van der Waals surface area contributed by atoms with Crippen LogP contribution in [0.15, 0.2) is 36.5 Å². The van der Waals surface area contributed by atoms with Crippen molar-refractivity contribution in [2.75, 3.05) is 25.6 Å². The number of methoxy groups -OCH3 is 1. The third-order valence-electron chi connectivity index (χ3n) is 5.58. The smallest absolute Gasteiger partial charge is 0.165 e. The highest BCUT2D eigenvalue weighted by Gasteiger charge is 2.27. The van der Waals surface area contributed by atoms with Crippen molar-refractivity contribution in [3.05, 3.63) is 53.5 Å². The van der Waals surface area contributed by atoms with E-state index in [9.17, 15) is 9.50 Å². The highest BCUT2D eigenvalue weighted by molar-refractivity contribution is 5.37. The number of aliphatic hydroxyl groups is 2. The Hall–Kier alpha value is -2.22. The lowest BCUT2D eigenvalue weighted by Gasteiger charge is -2.21. The zero-order valence-electron chi connectivity index (χ0n) is 16.9. The third-order valence-corrected chi connectivity index (χ3v) is 5.58. The van der Waals surface area contributed by atoms with Gasteiger partial charge in [-0.25, -0.2) is 9.37 Å². The van der Waals surface area contributed by atoms with Crippen molar-refractivity contribution in [1.29, 1.82) is 0 Å². The summed E-state index contributed by atoms with van der Waals surface area (Å²) in [5, 5.41) is 24.9. The van der Waals surface area contributed by atoms with E-state index in [0.29, 0.717) is 17.8 Å². The molecule has 0 radical (unpaired) electrons. The van der Waals surface area contributed by atoms with Gasteiger partial charge in [-0.05, 0) is 61.4 Å². The van der Waals surface area contributed by atoms with Crippen molar-refractivity contribution in [3.63, 3.8) is 0 Å². The van der Waals surface area contributed by atoms with Crippen LogP contribution in [-0.4, -0.2) is 47.6 Å². The average molecular weight is 403 g/mol. The predicted molar refractivity (Wildman–Crippen MR) is 111 cm³/mol. The lowest BCUT2D eigenvalue weighted by Crippen LogP contribution is -2.29. The topological polar surface area (TPSA) is 86.6 Å². The molecule has 6 nitrogen and oxygen atoms in total. The first-order chi connectivity index (χ1) is 14.0. The van der Waals surface area contributed by atoms with E-state index >= 15 is 0 Å². The van der Waals surface area contributed by atoms with Gasteiger partial charge in [0.25, 0.3) is 0 Å². The van der Waals surface area contributed by atoms with E-state index < -0.39 is 6.10 Å². The van der Waals surface area contributed by atoms with Crippen molar-refractivity contribution in [2.45, 2.75) is 50.3 Å².